The number of nitrogens with two attached hydrogens (primary N) is 1. The van der Waals surface area contributed by atoms with Crippen LogP contribution >= 0.6 is 0 Å². The molecule has 2 heterocycles. The molecule has 5 N–H and O–H groups in total. The molecule has 0 saturated carbocycles. The number of ether oxygens (including phenoxy) is 1. The molecule has 0 aliphatic carbocycles. The van der Waals surface area contributed by atoms with E-state index in [4.69, 9.17) is 15.9 Å². The predicted octanol–water partition coefficient (Wildman–Crippen LogP) is 1.37. The van der Waals surface area contributed by atoms with Gasteiger partial charge in [-0.1, -0.05) is 18.2 Å². The molecule has 3 aromatic rings. The Bertz CT molecular complexity index is 1190. The van der Waals surface area contributed by atoms with Gasteiger partial charge in [0.15, 0.2) is 0 Å². The zero-order valence-electron chi connectivity index (χ0n) is 17.4. The van der Waals surface area contributed by atoms with Crippen molar-refractivity contribution < 1.29 is 19.4 Å². The minimum Gasteiger partial charge on any atom is -0.398 e. The number of hydrogen-bond donors (Lipinski definition) is 4. The molecule has 1 saturated heterocycles. The number of aliphatic hydroxyl groups is 1. The summed E-state index contributed by atoms with van der Waals surface area (Å²) in [7, 11) is 0. The SMILES string of the molecule is N=C(C(=O)Nc1nc2cc(N3CCOCC3=O)ccc2n1CCCO)c1ccccc1N. The number of benzene rings is 2. The average Bonchev–Trinajstić information content (AvgIpc) is 3.13. The highest BCUT2D eigenvalue weighted by Gasteiger charge is 2.22. The standard InChI is InChI=1S/C22H24N6O4/c23-16-5-2-1-4-15(16)20(24)21(31)26-22-25-17-12-14(27-9-11-32-13-19(27)30)6-7-18(17)28(22)8-3-10-29/h1-2,4-7,12,24,29H,3,8-11,13,23H2,(H,25,26,31). The van der Waals surface area contributed by atoms with Gasteiger partial charge in [-0.15, -0.1) is 0 Å². The molecule has 4 rings (SSSR count). The van der Waals surface area contributed by atoms with E-state index in [2.05, 4.69) is 10.3 Å². The van der Waals surface area contributed by atoms with Gasteiger partial charge in [0.2, 0.25) is 5.95 Å². The molecule has 10 heteroatoms. The molecule has 32 heavy (non-hydrogen) atoms. The van der Waals surface area contributed by atoms with Crippen LogP contribution in [0.1, 0.15) is 12.0 Å². The van der Waals surface area contributed by atoms with Gasteiger partial charge in [0, 0.05) is 36.6 Å². The fourth-order valence-electron chi connectivity index (χ4n) is 3.64. The van der Waals surface area contributed by atoms with Crippen LogP contribution in [-0.4, -0.2) is 58.5 Å². The quantitative estimate of drug-likeness (QED) is 0.325. The summed E-state index contributed by atoms with van der Waals surface area (Å²) in [6.07, 6.45) is 0.459. The lowest BCUT2D eigenvalue weighted by Gasteiger charge is -2.26. The molecule has 1 aliphatic rings. The van der Waals surface area contributed by atoms with Crippen molar-refractivity contribution in [3.05, 3.63) is 48.0 Å². The van der Waals surface area contributed by atoms with Crippen LogP contribution in [0.25, 0.3) is 11.0 Å². The second-order valence-corrected chi connectivity index (χ2v) is 7.35. The minimum atomic E-state index is -0.646. The van der Waals surface area contributed by atoms with Crippen molar-refractivity contribution in [1.82, 2.24) is 9.55 Å². The number of carbonyl (C=O) groups excluding carboxylic acids is 2. The van der Waals surface area contributed by atoms with Crippen molar-refractivity contribution in [1.29, 1.82) is 5.41 Å². The van der Waals surface area contributed by atoms with E-state index in [1.54, 1.807) is 39.8 Å². The Morgan fingerprint density at radius 2 is 2.09 bits per heavy atom. The van der Waals surface area contributed by atoms with E-state index in [1.165, 1.54) is 0 Å². The maximum absolute atomic E-state index is 12.8. The summed E-state index contributed by atoms with van der Waals surface area (Å²) in [6.45, 7) is 1.34. The van der Waals surface area contributed by atoms with Crippen LogP contribution in [0.15, 0.2) is 42.5 Å². The number of aromatic nitrogens is 2. The minimum absolute atomic E-state index is 0.0240. The monoisotopic (exact) mass is 436 g/mol. The Morgan fingerprint density at radius 1 is 1.28 bits per heavy atom. The molecule has 1 aromatic heterocycles. The summed E-state index contributed by atoms with van der Waals surface area (Å²) in [6, 6.07) is 12.1. The van der Waals surface area contributed by atoms with Gasteiger partial charge in [0.05, 0.1) is 17.6 Å². The number of fused-ring (bicyclic) bond motifs is 1. The van der Waals surface area contributed by atoms with Crippen LogP contribution in [-0.2, 0) is 20.9 Å². The first-order valence-electron chi connectivity index (χ1n) is 10.2. The Hall–Kier alpha value is -3.76. The number of morpholine rings is 1. The number of imidazole rings is 1. The van der Waals surface area contributed by atoms with Crippen LogP contribution in [0, 0.1) is 5.41 Å². The molecule has 0 radical (unpaired) electrons. The molecule has 1 aliphatic heterocycles. The molecule has 10 nitrogen and oxygen atoms in total. The Kier molecular flexibility index (Phi) is 6.15. The number of anilines is 3. The van der Waals surface area contributed by atoms with E-state index in [9.17, 15) is 14.7 Å². The van der Waals surface area contributed by atoms with Gasteiger partial charge in [-0.05, 0) is 30.7 Å². The Labute approximate surface area is 184 Å². The van der Waals surface area contributed by atoms with Gasteiger partial charge < -0.3 is 25.0 Å². The van der Waals surface area contributed by atoms with E-state index < -0.39 is 5.91 Å². The van der Waals surface area contributed by atoms with E-state index in [0.717, 1.165) is 5.52 Å². The molecule has 166 valence electrons. The van der Waals surface area contributed by atoms with Gasteiger partial charge in [-0.25, -0.2) is 4.98 Å². The number of nitrogen functional groups attached to an aromatic ring is 1. The predicted molar refractivity (Wildman–Crippen MR) is 121 cm³/mol. The van der Waals surface area contributed by atoms with Crippen molar-refractivity contribution in [3.63, 3.8) is 0 Å². The third kappa shape index (κ3) is 4.18. The van der Waals surface area contributed by atoms with Crippen LogP contribution in [0.4, 0.5) is 17.3 Å². The molecule has 0 spiro atoms. The number of rotatable bonds is 7. The Morgan fingerprint density at radius 3 is 2.84 bits per heavy atom. The molecular weight excluding hydrogens is 412 g/mol. The van der Waals surface area contributed by atoms with Gasteiger partial charge in [0.25, 0.3) is 11.8 Å². The van der Waals surface area contributed by atoms with Crippen LogP contribution in [0.5, 0.6) is 0 Å². The lowest BCUT2D eigenvalue weighted by molar-refractivity contribution is -0.125. The first-order chi connectivity index (χ1) is 15.5. The average molecular weight is 436 g/mol. The molecule has 0 bridgehead atoms. The van der Waals surface area contributed by atoms with Crippen LogP contribution in [0.3, 0.4) is 0 Å². The van der Waals surface area contributed by atoms with Gasteiger partial charge >= 0.3 is 0 Å². The highest BCUT2D eigenvalue weighted by molar-refractivity contribution is 6.48. The third-order valence-corrected chi connectivity index (χ3v) is 5.25. The van der Waals surface area contributed by atoms with Gasteiger partial charge in [0.1, 0.15) is 12.3 Å². The largest absolute Gasteiger partial charge is 0.398 e. The molecule has 0 unspecified atom stereocenters. The van der Waals surface area contributed by atoms with Gasteiger partial charge in [-0.2, -0.15) is 0 Å². The lowest BCUT2D eigenvalue weighted by atomic mass is 10.1. The maximum Gasteiger partial charge on any atom is 0.276 e. The third-order valence-electron chi connectivity index (χ3n) is 5.25. The second-order valence-electron chi connectivity index (χ2n) is 7.35. The zero-order valence-corrected chi connectivity index (χ0v) is 17.4. The van der Waals surface area contributed by atoms with E-state index >= 15 is 0 Å². The molecule has 2 amide bonds. The number of aryl methyl sites for hydroxylation is 1. The summed E-state index contributed by atoms with van der Waals surface area (Å²) in [5, 5.41) is 20.2. The highest BCUT2D eigenvalue weighted by atomic mass is 16.5. The first-order valence-corrected chi connectivity index (χ1v) is 10.2. The molecular formula is C22H24N6O4. The van der Waals surface area contributed by atoms with Crippen LogP contribution in [0.2, 0.25) is 0 Å². The van der Waals surface area contributed by atoms with E-state index in [1.807, 2.05) is 12.1 Å². The number of para-hydroxylation sites is 1. The Balaban J connectivity index is 1.66. The van der Waals surface area contributed by atoms with E-state index in [-0.39, 0.29) is 30.8 Å². The van der Waals surface area contributed by atoms with Crippen molar-refractivity contribution >= 4 is 45.9 Å². The first kappa shape index (κ1) is 21.5. The lowest BCUT2D eigenvalue weighted by Crippen LogP contribution is -2.41. The molecule has 0 atom stereocenters. The summed E-state index contributed by atoms with van der Waals surface area (Å²) in [4.78, 5) is 31.1. The smallest absolute Gasteiger partial charge is 0.276 e. The summed E-state index contributed by atoms with van der Waals surface area (Å²) >= 11 is 0. The number of nitrogens with zero attached hydrogens (tertiary/aromatic N) is 3. The summed E-state index contributed by atoms with van der Waals surface area (Å²) in [5.41, 5.74) is 8.31. The highest BCUT2D eigenvalue weighted by Crippen LogP contribution is 2.26. The maximum atomic E-state index is 12.8. The zero-order chi connectivity index (χ0) is 22.7. The van der Waals surface area contributed by atoms with Crippen molar-refractivity contribution in [2.24, 2.45) is 0 Å². The number of amides is 2. The number of hydrogen-bond acceptors (Lipinski definition) is 7. The van der Waals surface area contributed by atoms with Crippen LogP contribution < -0.4 is 16.0 Å². The fourth-order valence-corrected chi connectivity index (χ4v) is 3.64. The summed E-state index contributed by atoms with van der Waals surface area (Å²) in [5.74, 6) is -0.520. The number of carbonyl (C=O) groups is 2. The molecule has 1 fully saturated rings. The number of nitrogens with one attached hydrogen (secondary N) is 2. The topological polar surface area (TPSA) is 147 Å². The number of aliphatic hydroxyl groups excluding tert-OH is 1. The second kappa shape index (κ2) is 9.16. The van der Waals surface area contributed by atoms with E-state index in [0.29, 0.717) is 48.6 Å². The summed E-state index contributed by atoms with van der Waals surface area (Å²) < 4.78 is 6.96. The van der Waals surface area contributed by atoms with Crippen molar-refractivity contribution in [2.75, 3.05) is 42.3 Å². The normalized spacial score (nSPS) is 14.0. The fraction of sp³-hybridized carbons (Fsp3) is 0.273. The van der Waals surface area contributed by atoms with Crippen molar-refractivity contribution in [3.8, 4) is 0 Å². The molecule has 2 aromatic carbocycles. The van der Waals surface area contributed by atoms with Crippen molar-refractivity contribution in [2.45, 2.75) is 13.0 Å². The van der Waals surface area contributed by atoms with Gasteiger partial charge in [-0.3, -0.25) is 20.3 Å².